The molecule has 0 heterocycles. The summed E-state index contributed by atoms with van der Waals surface area (Å²) in [5, 5.41) is 2.85. The van der Waals surface area contributed by atoms with Gasteiger partial charge in [-0.25, -0.2) is 8.42 Å². The molecule has 6 nitrogen and oxygen atoms in total. The number of carbonyl (C=O) groups excluding carboxylic acids is 1. The Bertz CT molecular complexity index is 879. The molecule has 27 heavy (non-hydrogen) atoms. The summed E-state index contributed by atoms with van der Waals surface area (Å²) in [6, 6.07) is 14.2. The van der Waals surface area contributed by atoms with Gasteiger partial charge in [-0.1, -0.05) is 24.3 Å². The highest BCUT2D eigenvalue weighted by atomic mass is 32.2. The number of nitrogens with one attached hydrogen (secondary N) is 1. The van der Waals surface area contributed by atoms with Crippen LogP contribution < -0.4 is 14.4 Å². The van der Waals surface area contributed by atoms with Gasteiger partial charge >= 0.3 is 0 Å². The summed E-state index contributed by atoms with van der Waals surface area (Å²) in [4.78, 5) is 12.5. The number of anilines is 1. The maximum Gasteiger partial charge on any atom is 0.241 e. The van der Waals surface area contributed by atoms with E-state index in [1.165, 1.54) is 0 Å². The van der Waals surface area contributed by atoms with Crippen molar-refractivity contribution in [2.45, 2.75) is 26.8 Å². The van der Waals surface area contributed by atoms with Crippen LogP contribution in [-0.2, 0) is 14.8 Å². The predicted molar refractivity (Wildman–Crippen MR) is 108 cm³/mol. The minimum atomic E-state index is -3.59. The van der Waals surface area contributed by atoms with Crippen molar-refractivity contribution in [1.82, 2.24) is 5.32 Å². The zero-order valence-electron chi connectivity index (χ0n) is 16.1. The molecule has 2 aromatic carbocycles. The Morgan fingerprint density at radius 2 is 1.85 bits per heavy atom. The zero-order valence-corrected chi connectivity index (χ0v) is 16.9. The van der Waals surface area contributed by atoms with Crippen LogP contribution in [0.3, 0.4) is 0 Å². The predicted octanol–water partition coefficient (Wildman–Crippen LogP) is 3.04. The maximum absolute atomic E-state index is 12.5. The largest absolute Gasteiger partial charge is 0.494 e. The Kier molecular flexibility index (Phi) is 6.85. The quantitative estimate of drug-likeness (QED) is 0.752. The third kappa shape index (κ3) is 5.99. The molecule has 2 aromatic rings. The first-order valence-electron chi connectivity index (χ1n) is 8.77. The zero-order chi connectivity index (χ0) is 20.0. The Balaban J connectivity index is 2.09. The Morgan fingerprint density at radius 1 is 1.19 bits per heavy atom. The first-order valence-corrected chi connectivity index (χ1v) is 10.6. The molecule has 7 heteroatoms. The van der Waals surface area contributed by atoms with Crippen molar-refractivity contribution in [3.05, 3.63) is 59.7 Å². The third-order valence-corrected chi connectivity index (χ3v) is 5.19. The van der Waals surface area contributed by atoms with Gasteiger partial charge in [0.2, 0.25) is 15.9 Å². The number of ether oxygens (including phenoxy) is 1. The van der Waals surface area contributed by atoms with Gasteiger partial charge in [0.1, 0.15) is 12.3 Å². The molecule has 0 aliphatic carbocycles. The van der Waals surface area contributed by atoms with Gasteiger partial charge in [0.25, 0.3) is 0 Å². The summed E-state index contributed by atoms with van der Waals surface area (Å²) < 4.78 is 30.9. The number of benzene rings is 2. The van der Waals surface area contributed by atoms with Gasteiger partial charge in [0.05, 0.1) is 24.6 Å². The van der Waals surface area contributed by atoms with E-state index in [0.717, 1.165) is 27.4 Å². The van der Waals surface area contributed by atoms with Crippen molar-refractivity contribution in [3.63, 3.8) is 0 Å². The Labute approximate surface area is 161 Å². The van der Waals surface area contributed by atoms with Crippen molar-refractivity contribution >= 4 is 21.6 Å². The molecule has 2 rings (SSSR count). The van der Waals surface area contributed by atoms with Crippen molar-refractivity contribution in [2.24, 2.45) is 0 Å². The number of carbonyl (C=O) groups is 1. The molecule has 0 spiro atoms. The molecular formula is C20H26N2O4S. The van der Waals surface area contributed by atoms with Crippen molar-refractivity contribution < 1.29 is 17.9 Å². The van der Waals surface area contributed by atoms with Gasteiger partial charge < -0.3 is 10.1 Å². The summed E-state index contributed by atoms with van der Waals surface area (Å²) in [5.41, 5.74) is 2.30. The van der Waals surface area contributed by atoms with Crippen LogP contribution in [0.2, 0.25) is 0 Å². The van der Waals surface area contributed by atoms with Crippen LogP contribution in [-0.4, -0.2) is 33.7 Å². The Morgan fingerprint density at radius 3 is 2.41 bits per heavy atom. The molecule has 0 saturated carbocycles. The van der Waals surface area contributed by atoms with Crippen LogP contribution in [0.25, 0.3) is 0 Å². The van der Waals surface area contributed by atoms with E-state index in [4.69, 9.17) is 4.74 Å². The Hall–Kier alpha value is -2.54. The fourth-order valence-corrected chi connectivity index (χ4v) is 3.55. The number of amides is 1. The molecule has 1 atom stereocenters. The number of hydrogen-bond acceptors (Lipinski definition) is 4. The standard InChI is InChI=1S/C20H26N2O4S/c1-5-26-19-11-9-17(10-12-19)16(3)21-20(23)14-22(27(4,24)25)18-8-6-7-15(2)13-18/h6-13,16H,5,14H2,1-4H3,(H,21,23)/t16-/m0/s1. The number of rotatable bonds is 8. The molecule has 0 saturated heterocycles. The fraction of sp³-hybridized carbons (Fsp3) is 0.350. The maximum atomic E-state index is 12.5. The summed E-state index contributed by atoms with van der Waals surface area (Å²) in [5.74, 6) is 0.394. The van der Waals surface area contributed by atoms with Gasteiger partial charge in [-0.15, -0.1) is 0 Å². The second kappa shape index (κ2) is 8.90. The van der Waals surface area contributed by atoms with Crippen LogP contribution >= 0.6 is 0 Å². The highest BCUT2D eigenvalue weighted by molar-refractivity contribution is 7.92. The minimum Gasteiger partial charge on any atom is -0.494 e. The molecule has 146 valence electrons. The second-order valence-corrected chi connectivity index (χ2v) is 8.31. The van der Waals surface area contributed by atoms with Crippen LogP contribution in [0.5, 0.6) is 5.75 Å². The van der Waals surface area contributed by atoms with Crippen LogP contribution in [0, 0.1) is 6.92 Å². The average Bonchev–Trinajstić information content (AvgIpc) is 2.59. The van der Waals surface area contributed by atoms with Gasteiger partial charge in [0, 0.05) is 0 Å². The minimum absolute atomic E-state index is 0.257. The van der Waals surface area contributed by atoms with Gasteiger partial charge in [-0.05, 0) is 56.2 Å². The third-order valence-electron chi connectivity index (χ3n) is 4.05. The molecule has 0 aliphatic rings. The van der Waals surface area contributed by atoms with Crippen molar-refractivity contribution in [1.29, 1.82) is 0 Å². The van der Waals surface area contributed by atoms with E-state index in [1.807, 2.05) is 51.1 Å². The number of nitrogens with zero attached hydrogens (tertiary/aromatic N) is 1. The highest BCUT2D eigenvalue weighted by Gasteiger charge is 2.22. The lowest BCUT2D eigenvalue weighted by molar-refractivity contribution is -0.120. The topological polar surface area (TPSA) is 75.7 Å². The first-order chi connectivity index (χ1) is 12.7. The van der Waals surface area contributed by atoms with E-state index in [1.54, 1.807) is 18.2 Å². The number of aryl methyl sites for hydroxylation is 1. The van der Waals surface area contributed by atoms with Crippen molar-refractivity contribution in [2.75, 3.05) is 23.7 Å². The smallest absolute Gasteiger partial charge is 0.241 e. The van der Waals surface area contributed by atoms with Gasteiger partial charge in [-0.2, -0.15) is 0 Å². The lowest BCUT2D eigenvalue weighted by Crippen LogP contribution is -2.41. The van der Waals surface area contributed by atoms with Gasteiger partial charge in [-0.3, -0.25) is 9.10 Å². The van der Waals surface area contributed by atoms with Gasteiger partial charge in [0.15, 0.2) is 0 Å². The van der Waals surface area contributed by atoms with E-state index in [9.17, 15) is 13.2 Å². The molecule has 0 radical (unpaired) electrons. The fourth-order valence-electron chi connectivity index (χ4n) is 2.70. The van der Waals surface area contributed by atoms with Crippen LogP contribution in [0.1, 0.15) is 31.0 Å². The highest BCUT2D eigenvalue weighted by Crippen LogP contribution is 2.20. The van der Waals surface area contributed by atoms with Crippen molar-refractivity contribution in [3.8, 4) is 5.75 Å². The van der Waals surface area contributed by atoms with E-state index >= 15 is 0 Å². The second-order valence-electron chi connectivity index (χ2n) is 6.40. The average molecular weight is 391 g/mol. The first kappa shape index (κ1) is 20.8. The molecule has 0 bridgehead atoms. The number of sulfonamides is 1. The molecule has 1 N–H and O–H groups in total. The van der Waals surface area contributed by atoms with E-state index in [0.29, 0.717) is 12.3 Å². The number of hydrogen-bond donors (Lipinski definition) is 1. The molecule has 1 amide bonds. The van der Waals surface area contributed by atoms with E-state index < -0.39 is 10.0 Å². The normalized spacial score (nSPS) is 12.3. The van der Waals surface area contributed by atoms with E-state index in [-0.39, 0.29) is 18.5 Å². The lowest BCUT2D eigenvalue weighted by Gasteiger charge is -2.23. The molecule has 0 fully saturated rings. The molecule has 0 aromatic heterocycles. The van der Waals surface area contributed by atoms with Crippen LogP contribution in [0.4, 0.5) is 5.69 Å². The summed E-state index contributed by atoms with van der Waals surface area (Å²) in [6.07, 6.45) is 1.10. The molecular weight excluding hydrogens is 364 g/mol. The molecule has 0 unspecified atom stereocenters. The summed E-state index contributed by atoms with van der Waals surface area (Å²) in [6.45, 7) is 5.96. The summed E-state index contributed by atoms with van der Waals surface area (Å²) in [7, 11) is -3.59. The van der Waals surface area contributed by atoms with E-state index in [2.05, 4.69) is 5.32 Å². The monoisotopic (exact) mass is 390 g/mol. The van der Waals surface area contributed by atoms with Crippen LogP contribution in [0.15, 0.2) is 48.5 Å². The lowest BCUT2D eigenvalue weighted by atomic mass is 10.1. The SMILES string of the molecule is CCOc1ccc([C@H](C)NC(=O)CN(c2cccc(C)c2)S(C)(=O)=O)cc1. The summed E-state index contributed by atoms with van der Waals surface area (Å²) >= 11 is 0. The molecule has 0 aliphatic heterocycles.